The number of guanidine groups is 1. The van der Waals surface area contributed by atoms with Gasteiger partial charge in [-0.25, -0.2) is 13.8 Å². The van der Waals surface area contributed by atoms with Gasteiger partial charge in [0.2, 0.25) is 0 Å². The molecule has 0 aliphatic heterocycles. The molecule has 6 nitrogen and oxygen atoms in total. The van der Waals surface area contributed by atoms with Crippen molar-refractivity contribution in [1.29, 1.82) is 0 Å². The Morgan fingerprint density at radius 1 is 1.31 bits per heavy atom. The van der Waals surface area contributed by atoms with Gasteiger partial charge in [-0.3, -0.25) is 4.68 Å². The highest BCUT2D eigenvalue weighted by atomic mass is 127. The molecule has 0 aliphatic carbocycles. The Labute approximate surface area is 188 Å². The molecule has 0 spiro atoms. The standard InChI is InChI=1S/C20H29F2N5O.HI/c1-6-23-20(24-9-10-28-19-8-7-16(21)12-18(19)22)25-13(2)11-17-14(3)26-27(5)15(17)4;/h7-8,12-13H,6,9-11H2,1-5H3,(H2,23,24,25);1H. The van der Waals surface area contributed by atoms with Crippen LogP contribution in [0.4, 0.5) is 8.78 Å². The van der Waals surface area contributed by atoms with Crippen LogP contribution in [0.1, 0.15) is 30.8 Å². The van der Waals surface area contributed by atoms with Crippen LogP contribution in [0.5, 0.6) is 5.75 Å². The summed E-state index contributed by atoms with van der Waals surface area (Å²) in [5.41, 5.74) is 3.42. The highest BCUT2D eigenvalue weighted by molar-refractivity contribution is 14.0. The predicted molar refractivity (Wildman–Crippen MR) is 122 cm³/mol. The van der Waals surface area contributed by atoms with E-state index in [-0.39, 0.29) is 42.4 Å². The van der Waals surface area contributed by atoms with E-state index in [1.165, 1.54) is 11.6 Å². The van der Waals surface area contributed by atoms with Gasteiger partial charge in [0.05, 0.1) is 12.2 Å². The Balaban J connectivity index is 0.00000420. The summed E-state index contributed by atoms with van der Waals surface area (Å²) < 4.78 is 33.7. The molecule has 29 heavy (non-hydrogen) atoms. The SMILES string of the molecule is CCNC(=NCCOc1ccc(F)cc1F)NC(C)Cc1c(C)nn(C)c1C.I. The third-order valence-electron chi connectivity index (χ3n) is 4.41. The maximum atomic E-state index is 13.6. The first-order valence-electron chi connectivity index (χ1n) is 9.43. The normalized spacial score (nSPS) is 12.3. The van der Waals surface area contributed by atoms with E-state index in [1.54, 1.807) is 0 Å². The summed E-state index contributed by atoms with van der Waals surface area (Å²) >= 11 is 0. The zero-order valence-corrected chi connectivity index (χ0v) is 19.9. The summed E-state index contributed by atoms with van der Waals surface area (Å²) in [5, 5.41) is 11.0. The maximum absolute atomic E-state index is 13.6. The fourth-order valence-corrected chi connectivity index (χ4v) is 2.93. The van der Waals surface area contributed by atoms with Crippen LogP contribution in [0, 0.1) is 25.5 Å². The molecule has 0 radical (unpaired) electrons. The molecule has 0 aliphatic rings. The number of ether oxygens (including phenoxy) is 1. The summed E-state index contributed by atoms with van der Waals surface area (Å²) in [7, 11) is 1.94. The quantitative estimate of drug-likeness (QED) is 0.242. The molecule has 0 bridgehead atoms. The van der Waals surface area contributed by atoms with E-state index in [2.05, 4.69) is 34.6 Å². The minimum Gasteiger partial charge on any atom is -0.489 e. The third kappa shape index (κ3) is 7.45. The highest BCUT2D eigenvalue weighted by Gasteiger charge is 2.14. The van der Waals surface area contributed by atoms with Gasteiger partial charge < -0.3 is 15.4 Å². The Bertz CT molecular complexity index is 825. The number of hydrogen-bond donors (Lipinski definition) is 2. The molecule has 2 N–H and O–H groups in total. The molecular weight excluding hydrogens is 491 g/mol. The van der Waals surface area contributed by atoms with E-state index >= 15 is 0 Å². The summed E-state index contributed by atoms with van der Waals surface area (Å²) in [6.45, 7) is 9.40. The van der Waals surface area contributed by atoms with Crippen LogP contribution in [0.15, 0.2) is 23.2 Å². The zero-order chi connectivity index (χ0) is 20.7. The Kier molecular flexibility index (Phi) is 10.3. The summed E-state index contributed by atoms with van der Waals surface area (Å²) in [6, 6.07) is 3.39. The van der Waals surface area contributed by atoms with E-state index in [0.717, 1.165) is 36.5 Å². The molecule has 1 aromatic heterocycles. The van der Waals surface area contributed by atoms with Crippen LogP contribution < -0.4 is 15.4 Å². The van der Waals surface area contributed by atoms with E-state index in [0.29, 0.717) is 12.5 Å². The number of rotatable bonds is 8. The number of nitrogens with one attached hydrogen (secondary N) is 2. The zero-order valence-electron chi connectivity index (χ0n) is 17.6. The lowest BCUT2D eigenvalue weighted by molar-refractivity contribution is 0.310. The molecule has 2 aromatic rings. The van der Waals surface area contributed by atoms with Crippen molar-refractivity contribution < 1.29 is 13.5 Å². The van der Waals surface area contributed by atoms with Gasteiger partial charge >= 0.3 is 0 Å². The molecule has 1 heterocycles. The Morgan fingerprint density at radius 3 is 2.62 bits per heavy atom. The van der Waals surface area contributed by atoms with Crippen molar-refractivity contribution in [1.82, 2.24) is 20.4 Å². The minimum atomic E-state index is -0.718. The van der Waals surface area contributed by atoms with Crippen molar-refractivity contribution in [3.8, 4) is 5.75 Å². The van der Waals surface area contributed by atoms with Gasteiger partial charge in [-0.1, -0.05) is 0 Å². The number of aryl methyl sites for hydroxylation is 2. The second-order valence-corrected chi connectivity index (χ2v) is 6.71. The van der Waals surface area contributed by atoms with Crippen LogP contribution in [0.3, 0.4) is 0 Å². The van der Waals surface area contributed by atoms with E-state index in [9.17, 15) is 8.78 Å². The fourth-order valence-electron chi connectivity index (χ4n) is 2.93. The van der Waals surface area contributed by atoms with Gasteiger partial charge in [-0.2, -0.15) is 5.10 Å². The van der Waals surface area contributed by atoms with Crippen molar-refractivity contribution >= 4 is 29.9 Å². The lowest BCUT2D eigenvalue weighted by Crippen LogP contribution is -2.43. The summed E-state index contributed by atoms with van der Waals surface area (Å²) in [5.74, 6) is -0.665. The maximum Gasteiger partial charge on any atom is 0.191 e. The van der Waals surface area contributed by atoms with E-state index in [4.69, 9.17) is 4.74 Å². The average Bonchev–Trinajstić information content (AvgIpc) is 2.86. The fraction of sp³-hybridized carbons (Fsp3) is 0.500. The Morgan fingerprint density at radius 2 is 2.03 bits per heavy atom. The van der Waals surface area contributed by atoms with Gasteiger partial charge in [0.25, 0.3) is 0 Å². The first-order chi connectivity index (χ1) is 13.3. The van der Waals surface area contributed by atoms with Crippen molar-refractivity contribution in [2.75, 3.05) is 19.7 Å². The Hall–Kier alpha value is -1.91. The first kappa shape index (κ1) is 25.1. The molecule has 0 fully saturated rings. The number of halogens is 3. The van der Waals surface area contributed by atoms with Gasteiger partial charge in [0, 0.05) is 31.4 Å². The highest BCUT2D eigenvalue weighted by Crippen LogP contribution is 2.17. The topological polar surface area (TPSA) is 63.5 Å². The van der Waals surface area contributed by atoms with Crippen molar-refractivity contribution in [3.63, 3.8) is 0 Å². The largest absolute Gasteiger partial charge is 0.489 e. The molecule has 9 heteroatoms. The first-order valence-corrected chi connectivity index (χ1v) is 9.43. The second-order valence-electron chi connectivity index (χ2n) is 6.71. The minimum absolute atomic E-state index is 0. The molecule has 162 valence electrons. The number of aromatic nitrogens is 2. The predicted octanol–water partition coefficient (Wildman–Crippen LogP) is 3.50. The van der Waals surface area contributed by atoms with E-state index < -0.39 is 11.6 Å². The lowest BCUT2D eigenvalue weighted by Gasteiger charge is -2.18. The molecular formula is C20H30F2IN5O. The van der Waals surface area contributed by atoms with Gasteiger partial charge in [0.15, 0.2) is 17.5 Å². The molecule has 0 saturated heterocycles. The second kappa shape index (κ2) is 11.9. The van der Waals surface area contributed by atoms with Crippen LogP contribution in [-0.2, 0) is 13.5 Å². The number of aliphatic imine (C=N–C) groups is 1. The molecule has 1 unspecified atom stereocenters. The van der Waals surface area contributed by atoms with Crippen molar-refractivity contribution in [2.45, 2.75) is 40.2 Å². The molecule has 1 aromatic carbocycles. The number of hydrogen-bond acceptors (Lipinski definition) is 3. The van der Waals surface area contributed by atoms with Gasteiger partial charge in [-0.15, -0.1) is 24.0 Å². The summed E-state index contributed by atoms with van der Waals surface area (Å²) in [4.78, 5) is 4.46. The van der Waals surface area contributed by atoms with Crippen molar-refractivity contribution in [3.05, 3.63) is 46.8 Å². The molecule has 0 amide bonds. The monoisotopic (exact) mass is 521 g/mol. The van der Waals surface area contributed by atoms with Crippen molar-refractivity contribution in [2.24, 2.45) is 12.0 Å². The number of nitrogens with zero attached hydrogens (tertiary/aromatic N) is 3. The van der Waals surface area contributed by atoms with Gasteiger partial charge in [0.1, 0.15) is 12.4 Å². The van der Waals surface area contributed by atoms with Crippen LogP contribution in [0.2, 0.25) is 0 Å². The van der Waals surface area contributed by atoms with Gasteiger partial charge in [-0.05, 0) is 51.8 Å². The lowest BCUT2D eigenvalue weighted by atomic mass is 10.1. The molecule has 0 saturated carbocycles. The molecule has 2 rings (SSSR count). The average molecular weight is 521 g/mol. The van der Waals surface area contributed by atoms with E-state index in [1.807, 2.05) is 25.6 Å². The van der Waals surface area contributed by atoms with Crippen LogP contribution in [-0.4, -0.2) is 41.5 Å². The third-order valence-corrected chi connectivity index (χ3v) is 4.41. The number of benzene rings is 1. The summed E-state index contributed by atoms with van der Waals surface area (Å²) in [6.07, 6.45) is 0.827. The smallest absolute Gasteiger partial charge is 0.191 e. The van der Waals surface area contributed by atoms with Crippen LogP contribution in [0.25, 0.3) is 0 Å². The van der Waals surface area contributed by atoms with Crippen LogP contribution >= 0.6 is 24.0 Å². The molecule has 1 atom stereocenters.